The zero-order chi connectivity index (χ0) is 14.9. The summed E-state index contributed by atoms with van der Waals surface area (Å²) in [7, 11) is 1.96. The Morgan fingerprint density at radius 1 is 1.29 bits per heavy atom. The Labute approximate surface area is 135 Å². The lowest BCUT2D eigenvalue weighted by Gasteiger charge is -2.21. The number of allylic oxidation sites excluding steroid dienone is 2. The smallest absolute Gasteiger partial charge is 0.0590 e. The zero-order valence-corrected chi connectivity index (χ0v) is 14.0. The number of nitrogens with zero attached hydrogens (tertiary/aromatic N) is 3. The minimum atomic E-state index is 0.967. The molecule has 112 valence electrons. The molecule has 0 saturated carbocycles. The van der Waals surface area contributed by atoms with Crippen LogP contribution >= 0.6 is 15.9 Å². The molecule has 0 aromatic heterocycles. The number of unbranched alkanes of at least 4 members (excludes halogenated alkanes) is 1. The van der Waals surface area contributed by atoms with Gasteiger partial charge in [-0.1, -0.05) is 40.2 Å². The van der Waals surface area contributed by atoms with Crippen LogP contribution in [0.3, 0.4) is 0 Å². The van der Waals surface area contributed by atoms with E-state index in [4.69, 9.17) is 0 Å². The first-order valence-electron chi connectivity index (χ1n) is 7.31. The first-order valence-corrected chi connectivity index (χ1v) is 8.43. The number of anilines is 1. The molecule has 1 aromatic rings. The fraction of sp³-hybridized carbons (Fsp3) is 0.353. The van der Waals surface area contributed by atoms with Gasteiger partial charge in [-0.3, -0.25) is 5.01 Å². The molecule has 1 aliphatic rings. The predicted octanol–water partition coefficient (Wildman–Crippen LogP) is 4.04. The SMILES string of the molecule is CN(/N=C/C1=CCN(CCCCBr)C=C1)c1ccccc1. The number of rotatable bonds is 7. The lowest BCUT2D eigenvalue weighted by Crippen LogP contribution is -2.21. The second-order valence-electron chi connectivity index (χ2n) is 5.01. The van der Waals surface area contributed by atoms with E-state index in [0.717, 1.165) is 29.7 Å². The van der Waals surface area contributed by atoms with Crippen molar-refractivity contribution < 1.29 is 0 Å². The van der Waals surface area contributed by atoms with Crippen LogP contribution in [0, 0.1) is 0 Å². The zero-order valence-electron chi connectivity index (χ0n) is 12.5. The van der Waals surface area contributed by atoms with Crippen molar-refractivity contribution in [2.24, 2.45) is 5.10 Å². The van der Waals surface area contributed by atoms with E-state index in [2.05, 4.69) is 44.3 Å². The summed E-state index contributed by atoms with van der Waals surface area (Å²) in [5.74, 6) is 0. The molecule has 0 saturated heterocycles. The molecule has 0 bridgehead atoms. The van der Waals surface area contributed by atoms with E-state index in [-0.39, 0.29) is 0 Å². The summed E-state index contributed by atoms with van der Waals surface area (Å²) in [5, 5.41) is 7.46. The summed E-state index contributed by atoms with van der Waals surface area (Å²) in [6.07, 6.45) is 10.9. The van der Waals surface area contributed by atoms with E-state index in [9.17, 15) is 0 Å². The monoisotopic (exact) mass is 347 g/mol. The number of alkyl halides is 1. The summed E-state index contributed by atoms with van der Waals surface area (Å²) >= 11 is 3.47. The molecule has 4 heteroatoms. The molecule has 0 unspecified atom stereocenters. The van der Waals surface area contributed by atoms with Crippen LogP contribution in [0.15, 0.2) is 59.4 Å². The molecule has 1 heterocycles. The largest absolute Gasteiger partial charge is 0.374 e. The van der Waals surface area contributed by atoms with Crippen LogP contribution in [0.1, 0.15) is 12.8 Å². The molecule has 3 nitrogen and oxygen atoms in total. The van der Waals surface area contributed by atoms with Crippen molar-refractivity contribution in [2.45, 2.75) is 12.8 Å². The van der Waals surface area contributed by atoms with Crippen LogP contribution in [-0.2, 0) is 0 Å². The van der Waals surface area contributed by atoms with Gasteiger partial charge in [0.15, 0.2) is 0 Å². The van der Waals surface area contributed by atoms with Gasteiger partial charge in [-0.05, 0) is 42.8 Å². The number of hydrogen-bond acceptors (Lipinski definition) is 3. The predicted molar refractivity (Wildman–Crippen MR) is 95.2 cm³/mol. The van der Waals surface area contributed by atoms with Crippen LogP contribution in [0.2, 0.25) is 0 Å². The maximum Gasteiger partial charge on any atom is 0.0590 e. The van der Waals surface area contributed by atoms with Crippen LogP contribution in [0.5, 0.6) is 0 Å². The van der Waals surface area contributed by atoms with Crippen molar-refractivity contribution in [1.29, 1.82) is 0 Å². The number of halogens is 1. The van der Waals surface area contributed by atoms with E-state index < -0.39 is 0 Å². The van der Waals surface area contributed by atoms with Gasteiger partial charge in [0.1, 0.15) is 0 Å². The molecular weight excluding hydrogens is 326 g/mol. The van der Waals surface area contributed by atoms with E-state index in [1.807, 2.05) is 48.6 Å². The van der Waals surface area contributed by atoms with Crippen LogP contribution in [0.25, 0.3) is 0 Å². The van der Waals surface area contributed by atoms with Crippen molar-refractivity contribution in [2.75, 3.05) is 30.5 Å². The Morgan fingerprint density at radius 2 is 2.10 bits per heavy atom. The molecule has 1 aromatic carbocycles. The van der Waals surface area contributed by atoms with Gasteiger partial charge in [0, 0.05) is 25.5 Å². The van der Waals surface area contributed by atoms with Gasteiger partial charge >= 0.3 is 0 Å². The first kappa shape index (κ1) is 15.8. The summed E-state index contributed by atoms with van der Waals surface area (Å²) in [5.41, 5.74) is 2.25. The van der Waals surface area contributed by atoms with E-state index in [1.54, 1.807) is 0 Å². The molecule has 0 atom stereocenters. The molecular formula is C17H22BrN3. The van der Waals surface area contributed by atoms with Gasteiger partial charge in [-0.25, -0.2) is 0 Å². The molecule has 21 heavy (non-hydrogen) atoms. The number of hydrogen-bond donors (Lipinski definition) is 0. The van der Waals surface area contributed by atoms with Gasteiger partial charge in [0.05, 0.1) is 11.9 Å². The van der Waals surface area contributed by atoms with E-state index in [1.165, 1.54) is 12.8 Å². The van der Waals surface area contributed by atoms with Crippen molar-refractivity contribution in [3.05, 3.63) is 54.3 Å². The molecule has 0 radical (unpaired) electrons. The fourth-order valence-corrected chi connectivity index (χ4v) is 2.47. The molecule has 0 amide bonds. The first-order chi connectivity index (χ1) is 10.3. The maximum absolute atomic E-state index is 4.48. The third-order valence-electron chi connectivity index (χ3n) is 3.38. The molecule has 0 fully saturated rings. The Morgan fingerprint density at radius 3 is 2.76 bits per heavy atom. The minimum absolute atomic E-state index is 0.967. The average molecular weight is 348 g/mol. The standard InChI is InChI=1S/C17H22BrN3/c1-20(17-7-3-2-4-8-17)19-15-16-9-13-21(14-10-16)12-6-5-11-18/h2-4,7-10,13,15H,5-6,11-12,14H2,1H3/b19-15+. The van der Waals surface area contributed by atoms with Gasteiger partial charge in [0.2, 0.25) is 0 Å². The summed E-state index contributed by atoms with van der Waals surface area (Å²) in [6.45, 7) is 2.09. The van der Waals surface area contributed by atoms with Crippen LogP contribution in [-0.4, -0.2) is 36.6 Å². The Hall–Kier alpha value is -1.55. The number of benzene rings is 1. The molecule has 0 aliphatic carbocycles. The van der Waals surface area contributed by atoms with Gasteiger partial charge in [-0.15, -0.1) is 0 Å². The number of para-hydroxylation sites is 1. The average Bonchev–Trinajstić information content (AvgIpc) is 2.55. The quantitative estimate of drug-likeness (QED) is 0.321. The second-order valence-corrected chi connectivity index (χ2v) is 5.81. The third kappa shape index (κ3) is 5.38. The van der Waals surface area contributed by atoms with E-state index in [0.29, 0.717) is 0 Å². The van der Waals surface area contributed by atoms with Crippen LogP contribution < -0.4 is 5.01 Å². The highest BCUT2D eigenvalue weighted by atomic mass is 79.9. The Balaban J connectivity index is 1.82. The van der Waals surface area contributed by atoms with Gasteiger partial charge in [-0.2, -0.15) is 5.10 Å². The van der Waals surface area contributed by atoms with Crippen molar-refractivity contribution >= 4 is 27.8 Å². The van der Waals surface area contributed by atoms with Crippen molar-refractivity contribution in [3.8, 4) is 0 Å². The highest BCUT2D eigenvalue weighted by Gasteiger charge is 2.03. The Bertz CT molecular complexity index is 508. The topological polar surface area (TPSA) is 18.8 Å². The molecule has 0 spiro atoms. The fourth-order valence-electron chi connectivity index (χ4n) is 2.08. The molecule has 0 N–H and O–H groups in total. The van der Waals surface area contributed by atoms with Gasteiger partial charge < -0.3 is 4.90 Å². The lowest BCUT2D eigenvalue weighted by atomic mass is 10.2. The van der Waals surface area contributed by atoms with Crippen molar-refractivity contribution in [1.82, 2.24) is 4.90 Å². The summed E-state index contributed by atoms with van der Waals surface area (Å²) in [6, 6.07) is 10.2. The Kier molecular flexibility index (Phi) is 6.54. The molecule has 1 aliphatic heterocycles. The van der Waals surface area contributed by atoms with Crippen LogP contribution in [0.4, 0.5) is 5.69 Å². The summed E-state index contributed by atoms with van der Waals surface area (Å²) in [4.78, 5) is 2.33. The molecule has 2 rings (SSSR count). The normalized spacial score (nSPS) is 14.6. The minimum Gasteiger partial charge on any atom is -0.374 e. The highest BCUT2D eigenvalue weighted by Crippen LogP contribution is 2.12. The maximum atomic E-state index is 4.48. The van der Waals surface area contributed by atoms with E-state index >= 15 is 0 Å². The lowest BCUT2D eigenvalue weighted by molar-refractivity contribution is 0.401. The van der Waals surface area contributed by atoms with Crippen molar-refractivity contribution in [3.63, 3.8) is 0 Å². The highest BCUT2D eigenvalue weighted by molar-refractivity contribution is 9.09. The number of hydrazone groups is 1. The van der Waals surface area contributed by atoms with Gasteiger partial charge in [0.25, 0.3) is 0 Å². The third-order valence-corrected chi connectivity index (χ3v) is 3.94. The second kappa shape index (κ2) is 8.67. The summed E-state index contributed by atoms with van der Waals surface area (Å²) < 4.78 is 0.